The zero-order valence-electron chi connectivity index (χ0n) is 10.7. The lowest BCUT2D eigenvalue weighted by Gasteiger charge is -2.10. The zero-order chi connectivity index (χ0) is 13.4. The molecule has 1 fully saturated rings. The van der Waals surface area contributed by atoms with Gasteiger partial charge in [-0.2, -0.15) is 0 Å². The van der Waals surface area contributed by atoms with Crippen LogP contribution in [0.3, 0.4) is 0 Å². The summed E-state index contributed by atoms with van der Waals surface area (Å²) in [6.45, 7) is 1.17. The molecular formula is C11H21NO5S. The van der Waals surface area contributed by atoms with Gasteiger partial charge in [-0.3, -0.25) is 4.79 Å². The molecule has 1 aliphatic heterocycles. The van der Waals surface area contributed by atoms with Crippen LogP contribution in [0, 0.1) is 0 Å². The quantitative estimate of drug-likeness (QED) is 0.652. The first-order chi connectivity index (χ1) is 8.53. The number of hydrogen-bond donors (Lipinski definition) is 1. The van der Waals surface area contributed by atoms with Gasteiger partial charge in [-0.25, -0.2) is 13.1 Å². The summed E-state index contributed by atoms with van der Waals surface area (Å²) < 4.78 is 35.5. The van der Waals surface area contributed by atoms with Crippen LogP contribution in [0.5, 0.6) is 0 Å². The van der Waals surface area contributed by atoms with Crippen molar-refractivity contribution in [2.24, 2.45) is 0 Å². The van der Waals surface area contributed by atoms with Crippen molar-refractivity contribution in [3.05, 3.63) is 0 Å². The highest BCUT2D eigenvalue weighted by Crippen LogP contribution is 2.14. The van der Waals surface area contributed by atoms with Crippen molar-refractivity contribution in [2.75, 3.05) is 26.0 Å². The minimum atomic E-state index is -3.29. The number of esters is 1. The van der Waals surface area contributed by atoms with Gasteiger partial charge in [-0.15, -0.1) is 0 Å². The van der Waals surface area contributed by atoms with E-state index in [4.69, 9.17) is 4.74 Å². The topological polar surface area (TPSA) is 81.7 Å². The Labute approximate surface area is 108 Å². The molecule has 0 aromatic carbocycles. The van der Waals surface area contributed by atoms with Crippen molar-refractivity contribution in [2.45, 2.75) is 38.2 Å². The third-order valence-electron chi connectivity index (χ3n) is 2.83. The maximum absolute atomic E-state index is 11.6. The van der Waals surface area contributed by atoms with Gasteiger partial charge in [0.05, 0.1) is 19.0 Å². The van der Waals surface area contributed by atoms with E-state index in [1.54, 1.807) is 0 Å². The van der Waals surface area contributed by atoms with Gasteiger partial charge in [0.1, 0.15) is 0 Å². The van der Waals surface area contributed by atoms with Crippen LogP contribution in [0.25, 0.3) is 0 Å². The van der Waals surface area contributed by atoms with E-state index in [0.717, 1.165) is 19.4 Å². The molecule has 1 heterocycles. The van der Waals surface area contributed by atoms with Gasteiger partial charge < -0.3 is 9.47 Å². The summed E-state index contributed by atoms with van der Waals surface area (Å²) in [7, 11) is -2.00. The molecule has 0 amide bonds. The number of hydrogen-bond acceptors (Lipinski definition) is 5. The lowest BCUT2D eigenvalue weighted by molar-refractivity contribution is -0.140. The van der Waals surface area contributed by atoms with Gasteiger partial charge in [0.15, 0.2) is 0 Å². The summed E-state index contributed by atoms with van der Waals surface area (Å²) in [5.41, 5.74) is 0. The van der Waals surface area contributed by atoms with Gasteiger partial charge in [0, 0.05) is 19.6 Å². The number of ether oxygens (including phenoxy) is 2. The second-order valence-electron chi connectivity index (χ2n) is 4.32. The molecule has 1 atom stereocenters. The maximum Gasteiger partial charge on any atom is 0.305 e. The van der Waals surface area contributed by atoms with Crippen LogP contribution in [0.4, 0.5) is 0 Å². The third kappa shape index (κ3) is 6.32. The van der Waals surface area contributed by atoms with Crippen LogP contribution in [-0.4, -0.2) is 46.5 Å². The van der Waals surface area contributed by atoms with E-state index in [1.165, 1.54) is 7.11 Å². The first kappa shape index (κ1) is 15.4. The minimum absolute atomic E-state index is 0.0480. The maximum atomic E-state index is 11.6. The molecule has 0 aromatic heterocycles. The molecule has 106 valence electrons. The Kier molecular flexibility index (Phi) is 6.59. The molecule has 1 aliphatic rings. The van der Waals surface area contributed by atoms with Gasteiger partial charge in [0.25, 0.3) is 0 Å². The molecule has 0 radical (unpaired) electrons. The molecular weight excluding hydrogens is 258 g/mol. The number of carbonyl (C=O) groups is 1. The number of methoxy groups -OCH3 is 1. The molecule has 1 N–H and O–H groups in total. The molecule has 1 rings (SSSR count). The van der Waals surface area contributed by atoms with E-state index >= 15 is 0 Å². The largest absolute Gasteiger partial charge is 0.469 e. The Morgan fingerprint density at radius 3 is 2.89 bits per heavy atom. The average Bonchev–Trinajstić information content (AvgIpc) is 2.81. The molecule has 0 bridgehead atoms. The first-order valence-electron chi connectivity index (χ1n) is 6.19. The first-order valence-corrected chi connectivity index (χ1v) is 7.84. The van der Waals surface area contributed by atoms with Crippen molar-refractivity contribution in [3.63, 3.8) is 0 Å². The van der Waals surface area contributed by atoms with Crippen molar-refractivity contribution in [1.82, 2.24) is 4.72 Å². The van der Waals surface area contributed by atoms with Crippen LogP contribution in [0.2, 0.25) is 0 Å². The highest BCUT2D eigenvalue weighted by Gasteiger charge is 2.17. The SMILES string of the molecule is COC(=O)CCCS(=O)(=O)NCCC1CCCO1. The molecule has 7 heteroatoms. The van der Waals surface area contributed by atoms with E-state index in [9.17, 15) is 13.2 Å². The predicted octanol–water partition coefficient (Wildman–Crippen LogP) is 0.428. The summed E-state index contributed by atoms with van der Waals surface area (Å²) in [5, 5.41) is 0. The van der Waals surface area contributed by atoms with Crippen LogP contribution < -0.4 is 4.72 Å². The van der Waals surface area contributed by atoms with Crippen molar-refractivity contribution >= 4 is 16.0 Å². The molecule has 6 nitrogen and oxygen atoms in total. The van der Waals surface area contributed by atoms with Gasteiger partial charge in [-0.1, -0.05) is 0 Å². The smallest absolute Gasteiger partial charge is 0.305 e. The molecule has 0 aromatic rings. The van der Waals surface area contributed by atoms with Gasteiger partial charge >= 0.3 is 5.97 Å². The van der Waals surface area contributed by atoms with E-state index in [2.05, 4.69) is 9.46 Å². The Morgan fingerprint density at radius 1 is 1.50 bits per heavy atom. The van der Waals surface area contributed by atoms with E-state index in [1.807, 2.05) is 0 Å². The fourth-order valence-corrected chi connectivity index (χ4v) is 2.93. The second kappa shape index (κ2) is 7.70. The molecule has 18 heavy (non-hydrogen) atoms. The zero-order valence-corrected chi connectivity index (χ0v) is 11.5. The number of nitrogens with one attached hydrogen (secondary N) is 1. The third-order valence-corrected chi connectivity index (χ3v) is 4.30. The summed E-state index contributed by atoms with van der Waals surface area (Å²) in [4.78, 5) is 10.8. The summed E-state index contributed by atoms with van der Waals surface area (Å²) in [5.74, 6) is -0.433. The highest BCUT2D eigenvalue weighted by atomic mass is 32.2. The van der Waals surface area contributed by atoms with Crippen molar-refractivity contribution < 1.29 is 22.7 Å². The number of sulfonamides is 1. The number of rotatable bonds is 8. The average molecular weight is 279 g/mol. The van der Waals surface area contributed by atoms with E-state index in [-0.39, 0.29) is 30.7 Å². The Balaban J connectivity index is 2.12. The van der Waals surface area contributed by atoms with E-state index in [0.29, 0.717) is 13.0 Å². The predicted molar refractivity (Wildman–Crippen MR) is 66.6 cm³/mol. The lowest BCUT2D eigenvalue weighted by Crippen LogP contribution is -2.29. The normalized spacial score (nSPS) is 19.9. The minimum Gasteiger partial charge on any atom is -0.469 e. The number of carbonyl (C=O) groups excluding carboxylic acids is 1. The molecule has 0 spiro atoms. The standard InChI is InChI=1S/C11H21NO5S/c1-16-11(13)5-3-9-18(14,15)12-7-6-10-4-2-8-17-10/h10,12H,2-9H2,1H3. The fraction of sp³-hybridized carbons (Fsp3) is 0.909. The van der Waals surface area contributed by atoms with Crippen molar-refractivity contribution in [1.29, 1.82) is 0 Å². The second-order valence-corrected chi connectivity index (χ2v) is 6.24. The molecule has 1 saturated heterocycles. The summed E-state index contributed by atoms with van der Waals surface area (Å²) in [6, 6.07) is 0. The Hall–Kier alpha value is -0.660. The monoisotopic (exact) mass is 279 g/mol. The Bertz CT molecular complexity index is 348. The Morgan fingerprint density at radius 2 is 2.28 bits per heavy atom. The highest BCUT2D eigenvalue weighted by molar-refractivity contribution is 7.89. The molecule has 0 saturated carbocycles. The molecule has 0 aliphatic carbocycles. The van der Waals surface area contributed by atoms with Crippen molar-refractivity contribution in [3.8, 4) is 0 Å². The summed E-state index contributed by atoms with van der Waals surface area (Å²) in [6.07, 6.45) is 3.35. The van der Waals surface area contributed by atoms with Crippen LogP contribution in [-0.2, 0) is 24.3 Å². The molecule has 1 unspecified atom stereocenters. The lowest BCUT2D eigenvalue weighted by atomic mass is 10.2. The fourth-order valence-electron chi connectivity index (χ4n) is 1.83. The van der Waals surface area contributed by atoms with Crippen LogP contribution >= 0.6 is 0 Å². The summed E-state index contributed by atoms with van der Waals surface area (Å²) >= 11 is 0. The van der Waals surface area contributed by atoms with Gasteiger partial charge in [-0.05, 0) is 25.7 Å². The van der Waals surface area contributed by atoms with Crippen LogP contribution in [0.1, 0.15) is 32.1 Å². The van der Waals surface area contributed by atoms with Crippen LogP contribution in [0.15, 0.2) is 0 Å². The van der Waals surface area contributed by atoms with Gasteiger partial charge in [0.2, 0.25) is 10.0 Å². The van der Waals surface area contributed by atoms with E-state index < -0.39 is 10.0 Å².